The highest BCUT2D eigenvalue weighted by atomic mass is 16.5. The number of hydrogen-bond acceptors (Lipinski definition) is 5. The summed E-state index contributed by atoms with van der Waals surface area (Å²) in [6.45, 7) is 7.00. The molecule has 0 radical (unpaired) electrons. The fraction of sp³-hybridized carbons (Fsp3) is 0.364. The number of ether oxygens (including phenoxy) is 1. The summed E-state index contributed by atoms with van der Waals surface area (Å²) in [6.07, 6.45) is 0.590. The predicted molar refractivity (Wildman–Crippen MR) is 161 cm³/mol. The molecular formula is C33H40N4O4. The molecule has 0 spiro atoms. The number of primary amides is 1. The zero-order valence-corrected chi connectivity index (χ0v) is 24.0. The van der Waals surface area contributed by atoms with Gasteiger partial charge in [-0.25, -0.2) is 9.59 Å². The molecular weight excluding hydrogens is 516 g/mol. The Morgan fingerprint density at radius 2 is 1.51 bits per heavy atom. The van der Waals surface area contributed by atoms with Gasteiger partial charge in [0, 0.05) is 30.6 Å². The van der Waals surface area contributed by atoms with Gasteiger partial charge >= 0.3 is 12.1 Å². The zero-order valence-electron chi connectivity index (χ0n) is 24.0. The minimum atomic E-state index is -0.591. The Kier molecular flexibility index (Phi) is 10.1. The van der Waals surface area contributed by atoms with Crippen molar-refractivity contribution in [3.8, 4) is 11.1 Å². The van der Waals surface area contributed by atoms with Crippen LogP contribution in [0.25, 0.3) is 11.1 Å². The number of nitrogens with one attached hydrogen (secondary N) is 3. The van der Waals surface area contributed by atoms with Gasteiger partial charge < -0.3 is 26.4 Å². The molecule has 0 aliphatic heterocycles. The summed E-state index contributed by atoms with van der Waals surface area (Å²) >= 11 is 0. The van der Waals surface area contributed by atoms with E-state index in [1.807, 2.05) is 69.3 Å². The summed E-state index contributed by atoms with van der Waals surface area (Å²) in [7, 11) is 0. The van der Waals surface area contributed by atoms with E-state index in [1.54, 1.807) is 0 Å². The fourth-order valence-electron chi connectivity index (χ4n) is 5.28. The molecule has 0 bridgehead atoms. The summed E-state index contributed by atoms with van der Waals surface area (Å²) < 4.78 is 5.76. The van der Waals surface area contributed by atoms with E-state index in [0.29, 0.717) is 31.5 Å². The number of fused-ring (bicyclic) bond motifs is 3. The third-order valence-electron chi connectivity index (χ3n) is 7.66. The van der Waals surface area contributed by atoms with E-state index < -0.39 is 18.2 Å². The smallest absolute Gasteiger partial charge is 0.407 e. The van der Waals surface area contributed by atoms with E-state index in [4.69, 9.17) is 10.5 Å². The number of benzene rings is 3. The molecule has 3 aromatic carbocycles. The molecule has 3 aromatic rings. The number of ketones is 1. The predicted octanol–water partition coefficient (Wildman–Crippen LogP) is 5.15. The van der Waals surface area contributed by atoms with Crippen molar-refractivity contribution < 1.29 is 19.1 Å². The van der Waals surface area contributed by atoms with Crippen LogP contribution in [-0.4, -0.2) is 49.7 Å². The van der Waals surface area contributed by atoms with Gasteiger partial charge in [-0.2, -0.15) is 0 Å². The molecule has 0 unspecified atom stereocenters. The van der Waals surface area contributed by atoms with E-state index in [2.05, 4.69) is 40.2 Å². The molecule has 8 heteroatoms. The number of rotatable bonds is 13. The van der Waals surface area contributed by atoms with Gasteiger partial charge in [-0.1, -0.05) is 92.2 Å². The molecule has 1 aliphatic rings. The van der Waals surface area contributed by atoms with Crippen LogP contribution in [0.4, 0.5) is 9.59 Å². The van der Waals surface area contributed by atoms with Crippen molar-refractivity contribution in [2.45, 2.75) is 51.6 Å². The van der Waals surface area contributed by atoms with Crippen molar-refractivity contribution in [3.63, 3.8) is 0 Å². The van der Waals surface area contributed by atoms with Crippen molar-refractivity contribution in [2.24, 2.45) is 11.7 Å². The Morgan fingerprint density at radius 3 is 2.10 bits per heavy atom. The lowest BCUT2D eigenvalue weighted by Crippen LogP contribution is -2.49. The molecule has 0 saturated carbocycles. The highest BCUT2D eigenvalue weighted by Crippen LogP contribution is 2.44. The zero-order chi connectivity index (χ0) is 29.4. The van der Waals surface area contributed by atoms with E-state index in [1.165, 1.54) is 11.1 Å². The average Bonchev–Trinajstić information content (AvgIpc) is 3.28. The summed E-state index contributed by atoms with van der Waals surface area (Å²) in [4.78, 5) is 37.4. The van der Waals surface area contributed by atoms with Crippen LogP contribution in [0.5, 0.6) is 0 Å². The number of alkyl carbamates (subject to hydrolysis) is 1. The number of urea groups is 1. The summed E-state index contributed by atoms with van der Waals surface area (Å²) in [5, 5.41) is 8.94. The first-order valence-electron chi connectivity index (χ1n) is 14.2. The van der Waals surface area contributed by atoms with Gasteiger partial charge in [0.15, 0.2) is 5.78 Å². The quantitative estimate of drug-likeness (QED) is 0.171. The van der Waals surface area contributed by atoms with Gasteiger partial charge in [-0.3, -0.25) is 4.79 Å². The maximum Gasteiger partial charge on any atom is 0.407 e. The molecule has 1 aliphatic carbocycles. The van der Waals surface area contributed by atoms with Crippen LogP contribution in [0.2, 0.25) is 0 Å². The van der Waals surface area contributed by atoms with E-state index in [9.17, 15) is 14.4 Å². The standard InChI is InChI=1S/C33H40N4O4/c1-21(2)30(19-36-29(13-8-18-35-32(34)39)31(38)23-16-14-22(3)15-17-23)37-33(40)41-20-28-26-11-6-4-9-24(26)25-10-5-7-12-27(25)28/h4-7,9-12,14-17,21,28-30,36H,8,13,18-20H2,1-3H3,(H,37,40)(H3,34,35,39)/t29-,30+/m0/s1. The minimum absolute atomic E-state index is 0.0192. The number of Topliss-reactive ketones (excluding diaryl/α,β-unsaturated/α-hetero) is 1. The fourth-order valence-corrected chi connectivity index (χ4v) is 5.28. The number of carbonyl (C=O) groups excluding carboxylic acids is 3. The highest BCUT2D eigenvalue weighted by molar-refractivity contribution is 6.00. The Labute approximate surface area is 242 Å². The van der Waals surface area contributed by atoms with Crippen LogP contribution in [0.3, 0.4) is 0 Å². The molecule has 5 N–H and O–H groups in total. The highest BCUT2D eigenvalue weighted by Gasteiger charge is 2.30. The number of amides is 3. The van der Waals surface area contributed by atoms with Gasteiger partial charge in [-0.15, -0.1) is 0 Å². The van der Waals surface area contributed by atoms with Crippen molar-refractivity contribution in [1.29, 1.82) is 0 Å². The van der Waals surface area contributed by atoms with Crippen molar-refractivity contribution in [2.75, 3.05) is 19.7 Å². The first kappa shape index (κ1) is 29.8. The summed E-state index contributed by atoms with van der Waals surface area (Å²) in [5.41, 5.74) is 11.5. The molecule has 0 heterocycles. The second-order valence-electron chi connectivity index (χ2n) is 10.9. The van der Waals surface area contributed by atoms with Gasteiger partial charge in [-0.05, 0) is 47.9 Å². The van der Waals surface area contributed by atoms with Crippen LogP contribution >= 0.6 is 0 Å². The van der Waals surface area contributed by atoms with Gasteiger partial charge in [0.2, 0.25) is 0 Å². The maximum atomic E-state index is 13.4. The SMILES string of the molecule is Cc1ccc(C(=O)[C@H](CCCNC(N)=O)NC[C@@H](NC(=O)OCC2c3ccccc3-c3ccccc32)C(C)C)cc1. The molecule has 4 rings (SSSR count). The Morgan fingerprint density at radius 1 is 0.902 bits per heavy atom. The molecule has 0 aromatic heterocycles. The second kappa shape index (κ2) is 13.9. The molecule has 3 amide bonds. The minimum Gasteiger partial charge on any atom is -0.449 e. The monoisotopic (exact) mass is 556 g/mol. The second-order valence-corrected chi connectivity index (χ2v) is 10.9. The number of carbonyl (C=O) groups is 3. The lowest BCUT2D eigenvalue weighted by molar-refractivity contribution is 0.0933. The van der Waals surface area contributed by atoms with Gasteiger partial charge in [0.25, 0.3) is 0 Å². The Hall–Kier alpha value is -4.17. The third-order valence-corrected chi connectivity index (χ3v) is 7.66. The Bertz CT molecular complexity index is 1310. The van der Waals surface area contributed by atoms with Crippen LogP contribution in [-0.2, 0) is 4.74 Å². The Balaban J connectivity index is 1.37. The third kappa shape index (κ3) is 7.73. The lowest BCUT2D eigenvalue weighted by atomic mass is 9.97. The molecule has 41 heavy (non-hydrogen) atoms. The van der Waals surface area contributed by atoms with E-state index in [-0.39, 0.29) is 30.3 Å². The normalized spacial score (nSPS) is 13.7. The number of aryl methyl sites for hydroxylation is 1. The molecule has 216 valence electrons. The average molecular weight is 557 g/mol. The van der Waals surface area contributed by atoms with E-state index in [0.717, 1.165) is 16.7 Å². The molecule has 0 fully saturated rings. The van der Waals surface area contributed by atoms with Crippen molar-refractivity contribution in [1.82, 2.24) is 16.0 Å². The van der Waals surface area contributed by atoms with Gasteiger partial charge in [0.05, 0.1) is 6.04 Å². The molecule has 0 saturated heterocycles. The first-order chi connectivity index (χ1) is 19.7. The maximum absolute atomic E-state index is 13.4. The number of hydrogen-bond donors (Lipinski definition) is 4. The molecule has 8 nitrogen and oxygen atoms in total. The topological polar surface area (TPSA) is 123 Å². The number of nitrogens with two attached hydrogens (primary N) is 1. The first-order valence-corrected chi connectivity index (χ1v) is 14.2. The van der Waals surface area contributed by atoms with E-state index >= 15 is 0 Å². The summed E-state index contributed by atoms with van der Waals surface area (Å²) in [5.74, 6) is 0.0386. The summed E-state index contributed by atoms with van der Waals surface area (Å²) in [6, 6.07) is 22.6. The van der Waals surface area contributed by atoms with Crippen molar-refractivity contribution in [3.05, 3.63) is 95.1 Å². The van der Waals surface area contributed by atoms with Gasteiger partial charge in [0.1, 0.15) is 6.61 Å². The lowest BCUT2D eigenvalue weighted by Gasteiger charge is -2.26. The van der Waals surface area contributed by atoms with Crippen molar-refractivity contribution >= 4 is 17.9 Å². The van der Waals surface area contributed by atoms with Crippen LogP contribution in [0, 0.1) is 12.8 Å². The van der Waals surface area contributed by atoms with Crippen LogP contribution < -0.4 is 21.7 Å². The van der Waals surface area contributed by atoms with Crippen LogP contribution in [0.1, 0.15) is 59.7 Å². The molecule has 2 atom stereocenters. The largest absolute Gasteiger partial charge is 0.449 e. The van der Waals surface area contributed by atoms with Crippen LogP contribution in [0.15, 0.2) is 72.8 Å².